The molecule has 0 radical (unpaired) electrons. The van der Waals surface area contributed by atoms with Crippen molar-refractivity contribution in [2.75, 3.05) is 11.9 Å². The van der Waals surface area contributed by atoms with Gasteiger partial charge in [-0.15, -0.1) is 0 Å². The molecule has 0 bridgehead atoms. The Hall–Kier alpha value is -1.61. The average Bonchev–Trinajstić information content (AvgIpc) is 3.07. The van der Waals surface area contributed by atoms with E-state index in [0.717, 1.165) is 29.3 Å². The molecule has 0 fully saturated rings. The van der Waals surface area contributed by atoms with Crippen LogP contribution < -0.4 is 4.90 Å². The summed E-state index contributed by atoms with van der Waals surface area (Å²) in [6.45, 7) is 27.5. The molecule has 280 valence electrons. The molecule has 1 rings (SSSR count). The predicted octanol–water partition coefficient (Wildman–Crippen LogP) is 15.8. The van der Waals surface area contributed by atoms with E-state index in [-0.39, 0.29) is 0 Å². The maximum absolute atomic E-state index is 13.2. The zero-order valence-corrected chi connectivity index (χ0v) is 34.5. The van der Waals surface area contributed by atoms with Crippen LogP contribution in [-0.2, 0) is 0 Å². The van der Waals surface area contributed by atoms with Gasteiger partial charge in [0.1, 0.15) is 6.17 Å². The van der Waals surface area contributed by atoms with Crippen molar-refractivity contribution in [2.24, 2.45) is 5.92 Å². The summed E-state index contributed by atoms with van der Waals surface area (Å²) in [7, 11) is 1.91. The minimum atomic E-state index is -0.967. The van der Waals surface area contributed by atoms with Crippen molar-refractivity contribution in [3.05, 3.63) is 53.3 Å². The Balaban J connectivity index is -0.000000294. The highest BCUT2D eigenvalue weighted by molar-refractivity contribution is 5.54. The Morgan fingerprint density at radius 2 is 1.11 bits per heavy atom. The molecular formula is C44H86FNO. The molecule has 3 atom stereocenters. The fourth-order valence-electron chi connectivity index (χ4n) is 4.20. The lowest BCUT2D eigenvalue weighted by molar-refractivity contribution is 0.228. The van der Waals surface area contributed by atoms with Crippen LogP contribution in [0.1, 0.15) is 211 Å². The molecule has 0 heterocycles. The molecule has 0 aliphatic heterocycles. The molecule has 0 spiro atoms. The van der Waals surface area contributed by atoms with Crippen LogP contribution in [0.15, 0.2) is 47.7 Å². The van der Waals surface area contributed by atoms with Crippen molar-refractivity contribution in [3.8, 4) is 0 Å². The van der Waals surface area contributed by atoms with Crippen molar-refractivity contribution < 1.29 is 9.50 Å². The number of hydrogen-bond donors (Lipinski definition) is 1. The molecule has 0 aliphatic rings. The molecule has 3 unspecified atom stereocenters. The van der Waals surface area contributed by atoms with Crippen molar-refractivity contribution >= 4 is 5.69 Å². The first-order valence-electron chi connectivity index (χ1n) is 20.0. The fourth-order valence-corrected chi connectivity index (χ4v) is 4.20. The first kappa shape index (κ1) is 52.2. The van der Waals surface area contributed by atoms with Gasteiger partial charge in [0.2, 0.25) is 0 Å². The second-order valence-electron chi connectivity index (χ2n) is 13.1. The van der Waals surface area contributed by atoms with E-state index in [1.807, 2.05) is 37.1 Å². The van der Waals surface area contributed by atoms with E-state index in [2.05, 4.69) is 75.3 Å². The van der Waals surface area contributed by atoms with E-state index in [0.29, 0.717) is 5.56 Å². The quantitative estimate of drug-likeness (QED) is 0.118. The second-order valence-corrected chi connectivity index (χ2v) is 13.1. The summed E-state index contributed by atoms with van der Waals surface area (Å²) >= 11 is 0. The Kier molecular flexibility index (Phi) is 45.1. The molecule has 0 aromatic heterocycles. The Labute approximate surface area is 297 Å². The van der Waals surface area contributed by atoms with E-state index in [1.165, 1.54) is 110 Å². The summed E-state index contributed by atoms with van der Waals surface area (Å²) in [6, 6.07) is 7.32. The van der Waals surface area contributed by atoms with Gasteiger partial charge < -0.3 is 10.0 Å². The van der Waals surface area contributed by atoms with Gasteiger partial charge in [0, 0.05) is 18.4 Å². The number of allylic oxidation sites excluding steroid dienone is 3. The zero-order valence-electron chi connectivity index (χ0n) is 34.5. The first-order chi connectivity index (χ1) is 22.4. The van der Waals surface area contributed by atoms with Gasteiger partial charge in [-0.3, -0.25) is 0 Å². The second kappa shape index (κ2) is 40.6. The lowest BCUT2D eigenvalue weighted by Crippen LogP contribution is -2.24. The number of rotatable bonds is 19. The maximum atomic E-state index is 13.2. The lowest BCUT2D eigenvalue weighted by Gasteiger charge is -2.25. The van der Waals surface area contributed by atoms with Gasteiger partial charge in [-0.25, -0.2) is 4.39 Å². The minimum Gasteiger partial charge on any atom is -0.387 e. The van der Waals surface area contributed by atoms with Gasteiger partial charge in [0.05, 0.1) is 6.10 Å². The van der Waals surface area contributed by atoms with Crippen LogP contribution in [0.4, 0.5) is 10.1 Å². The summed E-state index contributed by atoms with van der Waals surface area (Å²) < 4.78 is 13.2. The highest BCUT2D eigenvalue weighted by Gasteiger charge is 2.13. The van der Waals surface area contributed by atoms with Crippen LogP contribution in [-0.4, -0.2) is 18.3 Å². The zero-order chi connectivity index (χ0) is 36.9. The van der Waals surface area contributed by atoms with Gasteiger partial charge >= 0.3 is 0 Å². The number of halogens is 1. The van der Waals surface area contributed by atoms with Gasteiger partial charge in [-0.05, 0) is 56.9 Å². The van der Waals surface area contributed by atoms with Crippen molar-refractivity contribution in [3.63, 3.8) is 0 Å². The first-order valence-corrected chi connectivity index (χ1v) is 20.0. The molecule has 0 saturated heterocycles. The third-order valence-corrected chi connectivity index (χ3v) is 8.16. The van der Waals surface area contributed by atoms with Crippen LogP contribution in [0, 0.1) is 5.92 Å². The number of benzene rings is 1. The van der Waals surface area contributed by atoms with Crippen LogP contribution in [0.3, 0.4) is 0 Å². The lowest BCUT2D eigenvalue weighted by atomic mass is 10.0. The fraction of sp³-hybridized carbons (Fsp3) is 0.773. The van der Waals surface area contributed by atoms with Crippen molar-refractivity contribution in [1.82, 2.24) is 0 Å². The summed E-state index contributed by atoms with van der Waals surface area (Å²) in [4.78, 5) is 1.93. The number of aliphatic hydroxyl groups is 1. The highest BCUT2D eigenvalue weighted by Crippen LogP contribution is 2.24. The molecule has 1 aromatic carbocycles. The number of aliphatic hydroxyl groups excluding tert-OH is 1. The van der Waals surface area contributed by atoms with Gasteiger partial charge in [0.25, 0.3) is 0 Å². The normalized spacial score (nSPS) is 12.9. The SMILES string of the molecule is CC/C=C(C)\C=C(\C(C)O)N(C)c1ccc(C(C)F)cc1.CCCC.CCCC.CCCCCC(C)CC.CCCCCCCCC. The van der Waals surface area contributed by atoms with Crippen LogP contribution >= 0.6 is 0 Å². The minimum absolute atomic E-state index is 0.574. The molecule has 0 amide bonds. The summed E-state index contributed by atoms with van der Waals surface area (Å²) in [6.07, 6.45) is 25.8. The number of anilines is 1. The van der Waals surface area contributed by atoms with Gasteiger partial charge in [-0.2, -0.15) is 0 Å². The van der Waals surface area contributed by atoms with Crippen molar-refractivity contribution in [1.29, 1.82) is 0 Å². The summed E-state index contributed by atoms with van der Waals surface area (Å²) in [5.74, 6) is 0.955. The van der Waals surface area contributed by atoms with E-state index in [9.17, 15) is 9.50 Å². The smallest absolute Gasteiger partial charge is 0.122 e. The van der Waals surface area contributed by atoms with Crippen LogP contribution in [0.25, 0.3) is 0 Å². The van der Waals surface area contributed by atoms with E-state index in [4.69, 9.17) is 0 Å². The molecule has 0 aliphatic carbocycles. The Bertz CT molecular complexity index is 767. The van der Waals surface area contributed by atoms with Gasteiger partial charge in [0.15, 0.2) is 0 Å². The number of likely N-dealkylation sites (N-methyl/N-ethyl adjacent to an activating group) is 1. The van der Waals surface area contributed by atoms with E-state index >= 15 is 0 Å². The molecule has 2 nitrogen and oxygen atoms in total. The number of unbranched alkanes of at least 4 members (excludes halogenated alkanes) is 10. The van der Waals surface area contributed by atoms with E-state index in [1.54, 1.807) is 19.1 Å². The largest absolute Gasteiger partial charge is 0.387 e. The molecule has 1 N–H and O–H groups in total. The van der Waals surface area contributed by atoms with Gasteiger partial charge in [-0.1, -0.05) is 196 Å². The topological polar surface area (TPSA) is 23.5 Å². The monoisotopic (exact) mass is 664 g/mol. The number of nitrogens with zero attached hydrogens (tertiary/aromatic N) is 1. The highest BCUT2D eigenvalue weighted by atomic mass is 19.1. The number of alkyl halides is 1. The summed E-state index contributed by atoms with van der Waals surface area (Å²) in [5, 5.41) is 10.0. The Morgan fingerprint density at radius 3 is 1.45 bits per heavy atom. The third-order valence-electron chi connectivity index (χ3n) is 8.16. The summed E-state index contributed by atoms with van der Waals surface area (Å²) in [5.41, 5.74) is 3.53. The molecular weight excluding hydrogens is 577 g/mol. The maximum Gasteiger partial charge on any atom is 0.122 e. The van der Waals surface area contributed by atoms with Crippen LogP contribution in [0.5, 0.6) is 0 Å². The third kappa shape index (κ3) is 37.1. The van der Waals surface area contributed by atoms with E-state index < -0.39 is 12.3 Å². The molecule has 1 aromatic rings. The molecule has 3 heteroatoms. The number of hydrogen-bond acceptors (Lipinski definition) is 2. The molecule has 47 heavy (non-hydrogen) atoms. The molecule has 0 saturated carbocycles. The standard InChI is InChI=1S/C18H26FNO.2C9H20.2C4H10/c1-6-7-13(2)12-18(15(4)21)20(5)17-10-8-16(9-11-17)14(3)19;1-4-6-7-8-9(3)5-2;1-3-5-7-9-8-6-4-2;2*1-3-4-2/h7-12,14-15,21H,6H2,1-5H3;9H,4-8H2,1-3H3;3-9H2,1-2H3;2*3-4H2,1-2H3/b13-7-,18-12-;;;;. The van der Waals surface area contributed by atoms with Crippen molar-refractivity contribution in [2.45, 2.75) is 211 Å². The van der Waals surface area contributed by atoms with Crippen LogP contribution in [0.2, 0.25) is 0 Å². The average molecular weight is 664 g/mol. The Morgan fingerprint density at radius 1 is 0.681 bits per heavy atom. The predicted molar refractivity (Wildman–Crippen MR) is 217 cm³/mol.